The van der Waals surface area contributed by atoms with Crippen LogP contribution in [0, 0.1) is 31.3 Å². The van der Waals surface area contributed by atoms with E-state index in [2.05, 4.69) is 56.4 Å². The molecule has 5 heteroatoms. The van der Waals surface area contributed by atoms with E-state index >= 15 is 0 Å². The van der Waals surface area contributed by atoms with Crippen LogP contribution in [-0.2, 0) is 0 Å². The second-order valence-corrected chi connectivity index (χ2v) is 10.8. The van der Waals surface area contributed by atoms with Crippen molar-refractivity contribution in [2.75, 3.05) is 0 Å². The Morgan fingerprint density at radius 2 is 1.20 bits per heavy atom. The van der Waals surface area contributed by atoms with Gasteiger partial charge in [0, 0.05) is 3.57 Å². The molecule has 15 heavy (non-hydrogen) atoms. The normalized spacial score (nSPS) is 9.33. The predicted octanol–water partition coefficient (Wildman–Crippen LogP) is 5.21. The first-order valence-electron chi connectivity index (χ1n) is 4.42. The van der Waals surface area contributed by atoms with Crippen LogP contribution in [0.4, 0.5) is 0 Å². The van der Waals surface area contributed by atoms with Crippen molar-refractivity contribution in [3.05, 3.63) is 31.9 Å². The monoisotopic (exact) mass is 392 g/mol. The molecule has 84 valence electrons. The highest BCUT2D eigenvalue weighted by molar-refractivity contribution is 14.1. The van der Waals surface area contributed by atoms with Gasteiger partial charge in [0.15, 0.2) is 0 Å². The van der Waals surface area contributed by atoms with Gasteiger partial charge in [0.05, 0.1) is 0 Å². The molecule has 0 heterocycles. The highest BCUT2D eigenvalue weighted by atomic mass is 127. The molecule has 0 aliphatic heterocycles. The third kappa shape index (κ3) is 6.00. The molecule has 0 aliphatic carbocycles. The molecule has 0 radical (unpaired) electrons. The first kappa shape index (κ1) is 16.4. The molecular formula is C10H13AlCl3I. The maximum absolute atomic E-state index is 4.94. The Kier molecular flexibility index (Phi) is 8.32. The Bertz CT molecular complexity index is 311. The molecule has 0 atom stereocenters. The summed E-state index contributed by atoms with van der Waals surface area (Å²) in [5.74, 6) is 0. The SMILES string of the molecule is Cc1cc(C)c(C)c(I)c1C.[Cl][Al]([Cl])[Cl]. The van der Waals surface area contributed by atoms with Gasteiger partial charge < -0.3 is 0 Å². The number of aryl methyl sites for hydroxylation is 2. The van der Waals surface area contributed by atoms with E-state index in [4.69, 9.17) is 30.1 Å². The fraction of sp³-hybridized carbons (Fsp3) is 0.400. The largest absolute Gasteiger partial charge is 0.643 e. The Balaban J connectivity index is 0.000000423. The number of hydrogen-bond acceptors (Lipinski definition) is 0. The van der Waals surface area contributed by atoms with Crippen molar-refractivity contribution in [1.82, 2.24) is 0 Å². The molecule has 1 aromatic rings. The zero-order chi connectivity index (χ0) is 12.2. The van der Waals surface area contributed by atoms with Crippen molar-refractivity contribution in [3.63, 3.8) is 0 Å². The molecule has 0 saturated carbocycles. The Labute approximate surface area is 122 Å². The van der Waals surface area contributed by atoms with Gasteiger partial charge in [0.25, 0.3) is 0 Å². The molecule has 1 aromatic carbocycles. The molecule has 0 spiro atoms. The van der Waals surface area contributed by atoms with Crippen LogP contribution >= 0.6 is 52.7 Å². The summed E-state index contributed by atoms with van der Waals surface area (Å²) in [6.07, 6.45) is 0. The predicted molar refractivity (Wildman–Crippen MR) is 81.4 cm³/mol. The van der Waals surface area contributed by atoms with Crippen LogP contribution in [0.1, 0.15) is 22.3 Å². The van der Waals surface area contributed by atoms with Gasteiger partial charge in [0.1, 0.15) is 0 Å². The molecule has 0 bridgehead atoms. The van der Waals surface area contributed by atoms with Crippen molar-refractivity contribution in [1.29, 1.82) is 0 Å². The standard InChI is InChI=1S/C10H13I.Al.3ClH/c1-6-5-7(2)9(4)10(11)8(6)3;;;;/h5H,1-4H3;;3*1H/q;+3;;;/p-3. The molecule has 0 nitrogen and oxygen atoms in total. The summed E-state index contributed by atoms with van der Waals surface area (Å²) in [6, 6.07) is 2.26. The lowest BCUT2D eigenvalue weighted by atomic mass is 10.0. The van der Waals surface area contributed by atoms with E-state index in [1.165, 1.54) is 25.8 Å². The minimum absolute atomic E-state index is 1.40. The van der Waals surface area contributed by atoms with Gasteiger partial charge >= 0.3 is 11.4 Å². The zero-order valence-electron chi connectivity index (χ0n) is 9.17. The second-order valence-electron chi connectivity index (χ2n) is 3.32. The summed E-state index contributed by atoms with van der Waals surface area (Å²) < 4.78 is 1.42. The first-order valence-corrected chi connectivity index (χ1v) is 10.7. The molecule has 0 saturated heterocycles. The lowest BCUT2D eigenvalue weighted by Gasteiger charge is -2.09. The molecule has 0 aliphatic rings. The summed E-state index contributed by atoms with van der Waals surface area (Å²) in [4.78, 5) is 0. The van der Waals surface area contributed by atoms with Crippen LogP contribution in [0.5, 0.6) is 0 Å². The molecule has 1 rings (SSSR count). The summed E-state index contributed by atoms with van der Waals surface area (Å²) in [5.41, 5.74) is 5.65. The first-order chi connectivity index (χ1) is 6.77. The lowest BCUT2D eigenvalue weighted by molar-refractivity contribution is 1.21. The lowest BCUT2D eigenvalue weighted by Crippen LogP contribution is -1.93. The highest BCUT2D eigenvalue weighted by Gasteiger charge is 2.03. The summed E-state index contributed by atoms with van der Waals surface area (Å²) in [7, 11) is 14.8. The highest BCUT2D eigenvalue weighted by Crippen LogP contribution is 2.22. The number of halogens is 4. The van der Waals surface area contributed by atoms with Gasteiger partial charge in [-0.1, -0.05) is 6.07 Å². The van der Waals surface area contributed by atoms with Crippen molar-refractivity contribution in [2.45, 2.75) is 27.7 Å². The maximum atomic E-state index is 4.94. The van der Waals surface area contributed by atoms with Gasteiger partial charge in [0.2, 0.25) is 0 Å². The minimum Gasteiger partial charge on any atom is -0.214 e. The zero-order valence-corrected chi connectivity index (χ0v) is 14.7. The molecule has 0 amide bonds. The fourth-order valence-corrected chi connectivity index (χ4v) is 2.02. The quantitative estimate of drug-likeness (QED) is 0.419. The van der Waals surface area contributed by atoms with E-state index < -0.39 is 11.4 Å². The number of rotatable bonds is 0. The average Bonchev–Trinajstić information content (AvgIpc) is 2.11. The van der Waals surface area contributed by atoms with Gasteiger partial charge in [-0.05, 0) is 72.5 Å². The van der Waals surface area contributed by atoms with Crippen LogP contribution in [-0.4, -0.2) is 11.4 Å². The van der Waals surface area contributed by atoms with Crippen molar-refractivity contribution >= 4 is 64.1 Å². The van der Waals surface area contributed by atoms with Gasteiger partial charge in [-0.3, -0.25) is 0 Å². The maximum Gasteiger partial charge on any atom is 0.643 e. The Morgan fingerprint density at radius 3 is 1.47 bits per heavy atom. The summed E-state index contributed by atoms with van der Waals surface area (Å²) >= 11 is 0.698. The second kappa shape index (κ2) is 7.63. The van der Waals surface area contributed by atoms with Crippen molar-refractivity contribution in [3.8, 4) is 0 Å². The van der Waals surface area contributed by atoms with E-state index in [-0.39, 0.29) is 0 Å². The molecule has 0 unspecified atom stereocenters. The minimum atomic E-state index is -1.72. The van der Waals surface area contributed by atoms with Gasteiger partial charge in [-0.2, -0.15) is 0 Å². The Morgan fingerprint density at radius 1 is 0.933 bits per heavy atom. The van der Waals surface area contributed by atoms with E-state index in [0.717, 1.165) is 0 Å². The van der Waals surface area contributed by atoms with E-state index in [1.807, 2.05) is 0 Å². The van der Waals surface area contributed by atoms with Gasteiger partial charge in [-0.15, -0.1) is 0 Å². The Hall–Kier alpha value is 1.35. The van der Waals surface area contributed by atoms with Crippen molar-refractivity contribution < 1.29 is 0 Å². The number of hydrogen-bond donors (Lipinski definition) is 0. The van der Waals surface area contributed by atoms with Gasteiger partial charge in [-0.25, -0.2) is 30.1 Å². The topological polar surface area (TPSA) is 0 Å². The third-order valence-electron chi connectivity index (χ3n) is 2.27. The van der Waals surface area contributed by atoms with Crippen LogP contribution < -0.4 is 0 Å². The fourth-order valence-electron chi connectivity index (χ4n) is 1.17. The van der Waals surface area contributed by atoms with Crippen LogP contribution in [0.15, 0.2) is 6.07 Å². The van der Waals surface area contributed by atoms with E-state index in [1.54, 1.807) is 0 Å². The molecule has 0 fully saturated rings. The smallest absolute Gasteiger partial charge is 0.214 e. The van der Waals surface area contributed by atoms with E-state index in [0.29, 0.717) is 0 Å². The van der Waals surface area contributed by atoms with Crippen LogP contribution in [0.25, 0.3) is 0 Å². The van der Waals surface area contributed by atoms with E-state index in [9.17, 15) is 0 Å². The van der Waals surface area contributed by atoms with Crippen LogP contribution in [0.2, 0.25) is 0 Å². The molecule has 0 aromatic heterocycles. The molecule has 0 N–H and O–H groups in total. The average molecular weight is 393 g/mol. The number of benzene rings is 1. The molecular weight excluding hydrogens is 380 g/mol. The van der Waals surface area contributed by atoms with Crippen molar-refractivity contribution in [2.24, 2.45) is 0 Å². The van der Waals surface area contributed by atoms with Crippen LogP contribution in [0.3, 0.4) is 0 Å². The summed E-state index contributed by atoms with van der Waals surface area (Å²) in [5, 5.41) is 0. The summed E-state index contributed by atoms with van der Waals surface area (Å²) in [6.45, 7) is 8.71. The third-order valence-corrected chi connectivity index (χ3v) is 3.89.